The van der Waals surface area contributed by atoms with Crippen LogP contribution in [0.1, 0.15) is 12.0 Å². The van der Waals surface area contributed by atoms with E-state index >= 15 is 0 Å². The number of halogens is 3. The highest BCUT2D eigenvalue weighted by Crippen LogP contribution is 2.28. The smallest absolute Gasteiger partial charge is 0.230 e. The van der Waals surface area contributed by atoms with Crippen LogP contribution in [0.5, 0.6) is 5.75 Å². The topological polar surface area (TPSA) is 67.3 Å². The molecule has 0 saturated carbocycles. The van der Waals surface area contributed by atoms with Crippen molar-refractivity contribution in [3.05, 3.63) is 70.5 Å². The van der Waals surface area contributed by atoms with Gasteiger partial charge in [0.1, 0.15) is 5.75 Å². The second-order valence-corrected chi connectivity index (χ2v) is 9.91. The summed E-state index contributed by atoms with van der Waals surface area (Å²) in [5.41, 5.74) is 2.97. The summed E-state index contributed by atoms with van der Waals surface area (Å²) in [4.78, 5) is 23.4. The van der Waals surface area contributed by atoms with E-state index in [0.29, 0.717) is 27.7 Å². The summed E-state index contributed by atoms with van der Waals surface area (Å²) in [6.45, 7) is 3.33. The zero-order valence-electron chi connectivity index (χ0n) is 19.2. The molecule has 1 saturated heterocycles. The number of hydrogen-bond donors (Lipinski definition) is 1. The Morgan fingerprint density at radius 1 is 1.14 bits per heavy atom. The normalized spacial score (nSPS) is 15.5. The molecule has 1 unspecified atom stereocenters. The molecular formula is C25H27Cl3N4O2S. The largest absolute Gasteiger partial charge is 0.497 e. The second-order valence-electron chi connectivity index (χ2n) is 8.18. The summed E-state index contributed by atoms with van der Waals surface area (Å²) in [7, 11) is 1.64. The number of carbonyl (C=O) groups excluding carboxylic acids is 1. The van der Waals surface area contributed by atoms with E-state index in [1.807, 2.05) is 36.4 Å². The van der Waals surface area contributed by atoms with Crippen LogP contribution >= 0.6 is 47.4 Å². The van der Waals surface area contributed by atoms with Gasteiger partial charge in [-0.3, -0.25) is 9.69 Å². The third kappa shape index (κ3) is 7.72. The van der Waals surface area contributed by atoms with E-state index < -0.39 is 0 Å². The Balaban J connectivity index is 0.00000342. The van der Waals surface area contributed by atoms with Crippen molar-refractivity contribution >= 4 is 53.3 Å². The van der Waals surface area contributed by atoms with Crippen molar-refractivity contribution in [3.8, 4) is 16.9 Å². The van der Waals surface area contributed by atoms with Gasteiger partial charge in [0.05, 0.1) is 22.9 Å². The lowest BCUT2D eigenvalue weighted by atomic mass is 10.1. The van der Waals surface area contributed by atoms with E-state index in [2.05, 4.69) is 20.2 Å². The molecule has 186 valence electrons. The van der Waals surface area contributed by atoms with E-state index in [1.165, 1.54) is 11.8 Å². The highest BCUT2D eigenvalue weighted by Gasteiger charge is 2.23. The number of methoxy groups -OCH3 is 1. The standard InChI is InChI=1S/C25H26Cl2N4O2S.ClH/c1-33-21-7-5-18(6-8-21)20-12-29-25(30-13-20)34-16-23(32)28-11-17-9-10-31(14-17)15-19-3-2-4-22(26)24(19)27;/h2-8,12-13,17H,9-11,14-16H2,1H3,(H,28,32);1H. The second kappa shape index (κ2) is 13.3. The van der Waals surface area contributed by atoms with Crippen LogP contribution in [0, 0.1) is 5.92 Å². The summed E-state index contributed by atoms with van der Waals surface area (Å²) >= 11 is 13.8. The maximum absolute atomic E-state index is 12.3. The third-order valence-corrected chi connectivity index (χ3v) is 7.50. The number of ether oxygens (including phenoxy) is 1. The molecule has 3 aromatic rings. The number of likely N-dealkylation sites (tertiary alicyclic amines) is 1. The first kappa shape index (κ1) is 27.6. The first-order valence-electron chi connectivity index (χ1n) is 11.0. The number of aromatic nitrogens is 2. The molecule has 1 atom stereocenters. The molecule has 10 heteroatoms. The zero-order valence-corrected chi connectivity index (χ0v) is 22.4. The van der Waals surface area contributed by atoms with Crippen molar-refractivity contribution in [2.75, 3.05) is 32.5 Å². The van der Waals surface area contributed by atoms with Crippen molar-refractivity contribution in [1.82, 2.24) is 20.2 Å². The summed E-state index contributed by atoms with van der Waals surface area (Å²) < 4.78 is 5.18. The Labute approximate surface area is 226 Å². The number of thioether (sulfide) groups is 1. The first-order chi connectivity index (χ1) is 16.5. The van der Waals surface area contributed by atoms with Crippen LogP contribution in [-0.4, -0.2) is 53.3 Å². The Bertz CT molecular complexity index is 1120. The molecule has 0 radical (unpaired) electrons. The molecule has 1 aliphatic rings. The molecule has 1 amide bonds. The quantitative estimate of drug-likeness (QED) is 0.274. The van der Waals surface area contributed by atoms with Crippen molar-refractivity contribution in [3.63, 3.8) is 0 Å². The Morgan fingerprint density at radius 2 is 1.89 bits per heavy atom. The highest BCUT2D eigenvalue weighted by molar-refractivity contribution is 7.99. The lowest BCUT2D eigenvalue weighted by Crippen LogP contribution is -2.32. The summed E-state index contributed by atoms with van der Waals surface area (Å²) in [5, 5.41) is 4.83. The lowest BCUT2D eigenvalue weighted by molar-refractivity contribution is -0.118. The van der Waals surface area contributed by atoms with Gasteiger partial charge in [0, 0.05) is 37.6 Å². The van der Waals surface area contributed by atoms with Crippen LogP contribution < -0.4 is 10.1 Å². The predicted molar refractivity (Wildman–Crippen MR) is 145 cm³/mol. The lowest BCUT2D eigenvalue weighted by Gasteiger charge is -2.17. The van der Waals surface area contributed by atoms with Gasteiger partial charge < -0.3 is 10.1 Å². The van der Waals surface area contributed by atoms with Gasteiger partial charge in [-0.2, -0.15) is 0 Å². The molecule has 1 fully saturated rings. The number of carbonyl (C=O) groups is 1. The molecule has 4 rings (SSSR count). The summed E-state index contributed by atoms with van der Waals surface area (Å²) in [5.74, 6) is 1.51. The van der Waals surface area contributed by atoms with E-state index in [9.17, 15) is 4.79 Å². The van der Waals surface area contributed by atoms with E-state index in [-0.39, 0.29) is 24.1 Å². The van der Waals surface area contributed by atoms with E-state index in [4.69, 9.17) is 27.9 Å². The zero-order chi connectivity index (χ0) is 23.9. The van der Waals surface area contributed by atoms with Crippen molar-refractivity contribution in [2.24, 2.45) is 5.92 Å². The number of hydrogen-bond acceptors (Lipinski definition) is 6. The number of rotatable bonds is 9. The van der Waals surface area contributed by atoms with Gasteiger partial charge in [0.2, 0.25) is 5.91 Å². The van der Waals surface area contributed by atoms with Gasteiger partial charge in [-0.15, -0.1) is 12.4 Å². The Hall–Kier alpha value is -2.03. The molecular weight excluding hydrogens is 527 g/mol. The van der Waals surface area contributed by atoms with Crippen molar-refractivity contribution in [2.45, 2.75) is 18.1 Å². The van der Waals surface area contributed by atoms with Gasteiger partial charge in [0.25, 0.3) is 0 Å². The molecule has 1 N–H and O–H groups in total. The predicted octanol–water partition coefficient (Wildman–Crippen LogP) is 5.61. The molecule has 0 aliphatic carbocycles. The molecule has 2 aromatic carbocycles. The maximum atomic E-state index is 12.3. The monoisotopic (exact) mass is 552 g/mol. The molecule has 0 bridgehead atoms. The minimum atomic E-state index is -0.0100. The van der Waals surface area contributed by atoms with Crippen LogP contribution in [-0.2, 0) is 11.3 Å². The van der Waals surface area contributed by atoms with Crippen LogP contribution in [0.3, 0.4) is 0 Å². The average molecular weight is 554 g/mol. The fourth-order valence-corrected chi connectivity index (χ4v) is 4.89. The van der Waals surface area contributed by atoms with Crippen molar-refractivity contribution in [1.29, 1.82) is 0 Å². The van der Waals surface area contributed by atoms with Crippen molar-refractivity contribution < 1.29 is 9.53 Å². The van der Waals surface area contributed by atoms with Gasteiger partial charge in [0.15, 0.2) is 5.16 Å². The van der Waals surface area contributed by atoms with Crippen LogP contribution in [0.25, 0.3) is 11.1 Å². The minimum absolute atomic E-state index is 0. The SMILES string of the molecule is COc1ccc(-c2cnc(SCC(=O)NCC3CCN(Cc4cccc(Cl)c4Cl)C3)nc2)cc1.Cl. The van der Waals surface area contributed by atoms with Crippen LogP contribution in [0.15, 0.2) is 60.0 Å². The van der Waals surface area contributed by atoms with Gasteiger partial charge in [-0.25, -0.2) is 9.97 Å². The van der Waals surface area contributed by atoms with Gasteiger partial charge in [-0.1, -0.05) is 59.2 Å². The maximum Gasteiger partial charge on any atom is 0.230 e. The van der Waals surface area contributed by atoms with Gasteiger partial charge >= 0.3 is 0 Å². The fraction of sp³-hybridized carbons (Fsp3) is 0.320. The molecule has 0 spiro atoms. The number of amides is 1. The van der Waals surface area contributed by atoms with Gasteiger partial charge in [-0.05, 0) is 48.2 Å². The molecule has 1 aliphatic heterocycles. The molecule has 35 heavy (non-hydrogen) atoms. The average Bonchev–Trinajstić information content (AvgIpc) is 3.32. The van der Waals surface area contributed by atoms with Crippen LogP contribution in [0.2, 0.25) is 10.0 Å². The first-order valence-corrected chi connectivity index (χ1v) is 12.8. The third-order valence-electron chi connectivity index (χ3n) is 5.77. The number of nitrogens with one attached hydrogen (secondary N) is 1. The van der Waals surface area contributed by atoms with E-state index in [1.54, 1.807) is 25.6 Å². The highest BCUT2D eigenvalue weighted by atomic mass is 35.5. The van der Waals surface area contributed by atoms with E-state index in [0.717, 1.165) is 48.5 Å². The fourth-order valence-electron chi connectivity index (χ4n) is 3.90. The number of benzene rings is 2. The van der Waals surface area contributed by atoms with Crippen LogP contribution in [0.4, 0.5) is 0 Å². The molecule has 1 aromatic heterocycles. The molecule has 6 nitrogen and oxygen atoms in total. The molecule has 2 heterocycles. The Kier molecular flexibility index (Phi) is 10.5. The summed E-state index contributed by atoms with van der Waals surface area (Å²) in [6, 6.07) is 13.5. The number of nitrogens with zero attached hydrogens (tertiary/aromatic N) is 3. The Morgan fingerprint density at radius 3 is 2.60 bits per heavy atom. The minimum Gasteiger partial charge on any atom is -0.497 e. The summed E-state index contributed by atoms with van der Waals surface area (Å²) in [6.07, 6.45) is 4.59.